The summed E-state index contributed by atoms with van der Waals surface area (Å²) in [6.07, 6.45) is 6.24. The Labute approximate surface area is 157 Å². The molecule has 7 nitrogen and oxygen atoms in total. The lowest BCUT2D eigenvalue weighted by atomic mass is 10.0. The fraction of sp³-hybridized carbons (Fsp3) is 0.350. The van der Waals surface area contributed by atoms with E-state index in [0.717, 1.165) is 34.4 Å². The molecule has 3 N–H and O–H groups in total. The van der Waals surface area contributed by atoms with Gasteiger partial charge in [0.05, 0.1) is 23.9 Å². The maximum Gasteiger partial charge on any atom is 0.251 e. The van der Waals surface area contributed by atoms with Crippen LogP contribution in [0.1, 0.15) is 41.5 Å². The van der Waals surface area contributed by atoms with E-state index in [1.807, 2.05) is 25.2 Å². The number of aromatic nitrogens is 3. The Kier molecular flexibility index (Phi) is 4.11. The molecule has 0 saturated heterocycles. The molecule has 3 aromatic rings. The largest absolute Gasteiger partial charge is 0.394 e. The maximum absolute atomic E-state index is 12.6. The molecular formula is C20H23N5O2. The van der Waals surface area contributed by atoms with Crippen LogP contribution in [0, 0.1) is 0 Å². The van der Waals surface area contributed by atoms with Gasteiger partial charge in [0.2, 0.25) is 0 Å². The van der Waals surface area contributed by atoms with Crippen molar-refractivity contribution < 1.29 is 9.90 Å². The Bertz CT molecular complexity index is 999. The molecule has 1 amide bonds. The van der Waals surface area contributed by atoms with Gasteiger partial charge in [0.15, 0.2) is 0 Å². The van der Waals surface area contributed by atoms with Crippen molar-refractivity contribution in [2.45, 2.75) is 31.8 Å². The van der Waals surface area contributed by atoms with Crippen molar-refractivity contribution in [3.8, 4) is 0 Å². The second kappa shape index (κ2) is 6.35. The SMILES string of the molecule is Cn1cc(C2Cc3nccnc3N2)c2cc(C(=O)NC(C)(C)CO)ccc21. The number of aliphatic hydroxyl groups is 1. The summed E-state index contributed by atoms with van der Waals surface area (Å²) in [6.45, 7) is 3.45. The lowest BCUT2D eigenvalue weighted by Crippen LogP contribution is -2.46. The zero-order valence-electron chi connectivity index (χ0n) is 15.7. The van der Waals surface area contributed by atoms with Gasteiger partial charge in [-0.05, 0) is 32.0 Å². The minimum absolute atomic E-state index is 0.0679. The molecule has 7 heteroatoms. The molecule has 0 bridgehead atoms. The molecule has 1 atom stereocenters. The highest BCUT2D eigenvalue weighted by atomic mass is 16.3. The van der Waals surface area contributed by atoms with Crippen molar-refractivity contribution in [2.24, 2.45) is 7.05 Å². The van der Waals surface area contributed by atoms with E-state index in [1.54, 1.807) is 26.2 Å². The Balaban J connectivity index is 1.70. The second-order valence-corrected chi connectivity index (χ2v) is 7.68. The molecule has 1 aliphatic rings. The summed E-state index contributed by atoms with van der Waals surface area (Å²) in [5.41, 5.74) is 3.03. The average molecular weight is 365 g/mol. The van der Waals surface area contributed by atoms with E-state index in [1.165, 1.54) is 0 Å². The topological polar surface area (TPSA) is 92.1 Å². The third-order valence-electron chi connectivity index (χ3n) is 4.99. The lowest BCUT2D eigenvalue weighted by Gasteiger charge is -2.23. The first-order valence-corrected chi connectivity index (χ1v) is 8.97. The van der Waals surface area contributed by atoms with Gasteiger partial charge < -0.3 is 20.3 Å². The minimum atomic E-state index is -0.669. The van der Waals surface area contributed by atoms with Crippen LogP contribution in [0.5, 0.6) is 0 Å². The van der Waals surface area contributed by atoms with E-state index >= 15 is 0 Å². The highest BCUT2D eigenvalue weighted by molar-refractivity contribution is 5.99. The second-order valence-electron chi connectivity index (χ2n) is 7.68. The van der Waals surface area contributed by atoms with Crippen LogP contribution in [0.4, 0.5) is 5.82 Å². The first-order chi connectivity index (χ1) is 12.9. The van der Waals surface area contributed by atoms with E-state index in [2.05, 4.69) is 31.4 Å². The fourth-order valence-electron chi connectivity index (χ4n) is 3.49. The minimum Gasteiger partial charge on any atom is -0.394 e. The maximum atomic E-state index is 12.6. The van der Waals surface area contributed by atoms with Crippen LogP contribution >= 0.6 is 0 Å². The van der Waals surface area contributed by atoms with Crippen molar-refractivity contribution in [3.63, 3.8) is 0 Å². The van der Waals surface area contributed by atoms with Crippen LogP contribution in [-0.2, 0) is 13.5 Å². The van der Waals surface area contributed by atoms with Crippen molar-refractivity contribution in [1.82, 2.24) is 19.9 Å². The molecule has 0 aliphatic carbocycles. The summed E-state index contributed by atoms with van der Waals surface area (Å²) in [7, 11) is 2.00. The molecule has 0 spiro atoms. The Hall–Kier alpha value is -2.93. The van der Waals surface area contributed by atoms with Gasteiger partial charge >= 0.3 is 0 Å². The lowest BCUT2D eigenvalue weighted by molar-refractivity contribution is 0.0869. The van der Waals surface area contributed by atoms with Crippen molar-refractivity contribution in [2.75, 3.05) is 11.9 Å². The molecule has 1 aliphatic heterocycles. The molecule has 1 aromatic carbocycles. The summed E-state index contributed by atoms with van der Waals surface area (Å²) in [5.74, 6) is 0.620. The van der Waals surface area contributed by atoms with Gasteiger partial charge in [0.1, 0.15) is 5.82 Å². The van der Waals surface area contributed by atoms with Crippen LogP contribution < -0.4 is 10.6 Å². The van der Waals surface area contributed by atoms with Gasteiger partial charge in [-0.1, -0.05) is 0 Å². The first-order valence-electron chi connectivity index (χ1n) is 8.97. The predicted molar refractivity (Wildman–Crippen MR) is 104 cm³/mol. The quantitative estimate of drug-likeness (QED) is 0.659. The molecule has 27 heavy (non-hydrogen) atoms. The molecular weight excluding hydrogens is 342 g/mol. The Morgan fingerprint density at radius 2 is 2.15 bits per heavy atom. The zero-order valence-corrected chi connectivity index (χ0v) is 15.7. The van der Waals surface area contributed by atoms with Crippen LogP contribution in [0.2, 0.25) is 0 Å². The molecule has 0 saturated carbocycles. The van der Waals surface area contributed by atoms with E-state index in [9.17, 15) is 9.90 Å². The van der Waals surface area contributed by atoms with Gasteiger partial charge in [-0.2, -0.15) is 0 Å². The number of amides is 1. The van der Waals surface area contributed by atoms with Gasteiger partial charge in [-0.3, -0.25) is 9.78 Å². The van der Waals surface area contributed by atoms with Gasteiger partial charge in [0.25, 0.3) is 5.91 Å². The summed E-state index contributed by atoms with van der Waals surface area (Å²) in [4.78, 5) is 21.4. The van der Waals surface area contributed by atoms with Crippen LogP contribution in [0.25, 0.3) is 10.9 Å². The molecule has 1 unspecified atom stereocenters. The number of fused-ring (bicyclic) bond motifs is 2. The molecule has 0 fully saturated rings. The van der Waals surface area contributed by atoms with Crippen LogP contribution in [-0.4, -0.2) is 37.7 Å². The van der Waals surface area contributed by atoms with Crippen LogP contribution in [0.15, 0.2) is 36.8 Å². The number of carbonyl (C=O) groups excluding carboxylic acids is 1. The van der Waals surface area contributed by atoms with Gasteiger partial charge in [-0.15, -0.1) is 0 Å². The Morgan fingerprint density at radius 3 is 2.89 bits per heavy atom. The van der Waals surface area contributed by atoms with E-state index in [-0.39, 0.29) is 18.6 Å². The van der Waals surface area contributed by atoms with Crippen molar-refractivity contribution in [1.29, 1.82) is 0 Å². The number of carbonyl (C=O) groups is 1. The first kappa shape index (κ1) is 17.5. The van der Waals surface area contributed by atoms with Crippen molar-refractivity contribution >= 4 is 22.6 Å². The standard InChI is InChI=1S/C20H23N5O2/c1-20(2,11-26)24-19(27)12-4-5-17-13(8-12)14(10-25(17)3)15-9-16-18(23-15)22-7-6-21-16/h4-8,10,15,26H,9,11H2,1-3H3,(H,22,23)(H,24,27). The normalized spacial score (nSPS) is 16.2. The number of benzene rings is 1. The van der Waals surface area contributed by atoms with E-state index < -0.39 is 5.54 Å². The number of anilines is 1. The number of hydrogen-bond donors (Lipinski definition) is 3. The third kappa shape index (κ3) is 3.14. The summed E-state index contributed by atoms with van der Waals surface area (Å²) >= 11 is 0. The molecule has 2 aromatic heterocycles. The summed E-state index contributed by atoms with van der Waals surface area (Å²) in [6, 6.07) is 5.75. The van der Waals surface area contributed by atoms with Gasteiger partial charge in [0, 0.05) is 54.1 Å². The monoisotopic (exact) mass is 365 g/mol. The third-order valence-corrected chi connectivity index (χ3v) is 4.99. The van der Waals surface area contributed by atoms with Gasteiger partial charge in [-0.25, -0.2) is 4.98 Å². The Morgan fingerprint density at radius 1 is 1.37 bits per heavy atom. The van der Waals surface area contributed by atoms with E-state index in [0.29, 0.717) is 5.56 Å². The van der Waals surface area contributed by atoms with E-state index in [4.69, 9.17) is 0 Å². The number of rotatable bonds is 4. The summed E-state index contributed by atoms with van der Waals surface area (Å²) in [5, 5.41) is 16.7. The number of aryl methyl sites for hydroxylation is 1. The fourth-order valence-corrected chi connectivity index (χ4v) is 3.49. The average Bonchev–Trinajstić information content (AvgIpc) is 3.22. The molecule has 3 heterocycles. The molecule has 140 valence electrons. The highest BCUT2D eigenvalue weighted by Gasteiger charge is 2.27. The highest BCUT2D eigenvalue weighted by Crippen LogP contribution is 2.35. The number of nitrogens with zero attached hydrogens (tertiary/aromatic N) is 3. The summed E-state index contributed by atoms with van der Waals surface area (Å²) < 4.78 is 2.07. The van der Waals surface area contributed by atoms with Crippen molar-refractivity contribution in [3.05, 3.63) is 53.6 Å². The number of hydrogen-bond acceptors (Lipinski definition) is 5. The zero-order chi connectivity index (χ0) is 19.2. The number of aliphatic hydroxyl groups excluding tert-OH is 1. The molecule has 4 rings (SSSR count). The molecule has 0 radical (unpaired) electrons. The number of nitrogens with one attached hydrogen (secondary N) is 2. The predicted octanol–water partition coefficient (Wildman–Crippen LogP) is 2.18. The van der Waals surface area contributed by atoms with Crippen LogP contribution in [0.3, 0.4) is 0 Å². The smallest absolute Gasteiger partial charge is 0.251 e.